The molecule has 31 heavy (non-hydrogen) atoms. The van der Waals surface area contributed by atoms with Crippen LogP contribution in [0.2, 0.25) is 0 Å². The summed E-state index contributed by atoms with van der Waals surface area (Å²) in [5.41, 5.74) is 3.40. The smallest absolute Gasteiger partial charge is 0.225 e. The van der Waals surface area contributed by atoms with E-state index in [2.05, 4.69) is 20.7 Å². The number of hydrogen-bond acceptors (Lipinski definition) is 6. The molecule has 0 spiro atoms. The van der Waals surface area contributed by atoms with Crippen molar-refractivity contribution in [2.45, 2.75) is 44.8 Å². The van der Waals surface area contributed by atoms with Gasteiger partial charge < -0.3 is 20.5 Å². The van der Waals surface area contributed by atoms with Gasteiger partial charge in [0, 0.05) is 37.6 Å². The Bertz CT molecular complexity index is 1010. The van der Waals surface area contributed by atoms with Crippen LogP contribution in [0.5, 0.6) is 0 Å². The Hall–Kier alpha value is -2.97. The van der Waals surface area contributed by atoms with Crippen molar-refractivity contribution in [3.8, 4) is 0 Å². The molecule has 1 aliphatic rings. The predicted octanol–water partition coefficient (Wildman–Crippen LogP) is 2.43. The standard InChI is InChI=1S/C23H29N5O3/c1-2-28-23-19(14-25-28)22(26-18-8-10-31-11-9-18)17(13-24-23)12-21(30)27-20(15-29)16-6-4-3-5-7-16/h3-7,13-14,18,20,29H,2,8-12,15H2,1H3,(H,24,26)(H,27,30)/t20-/m0/s1. The van der Waals surface area contributed by atoms with E-state index in [1.165, 1.54) is 0 Å². The third-order valence-corrected chi connectivity index (χ3v) is 5.68. The summed E-state index contributed by atoms with van der Waals surface area (Å²) >= 11 is 0. The van der Waals surface area contributed by atoms with Crippen LogP contribution in [0.1, 0.15) is 36.9 Å². The molecule has 0 radical (unpaired) electrons. The van der Waals surface area contributed by atoms with Gasteiger partial charge in [0.05, 0.1) is 36.3 Å². The highest BCUT2D eigenvalue weighted by atomic mass is 16.5. The van der Waals surface area contributed by atoms with Gasteiger partial charge in [0.1, 0.15) is 0 Å². The number of rotatable bonds is 8. The molecule has 1 aromatic carbocycles. The number of aliphatic hydroxyl groups is 1. The second kappa shape index (κ2) is 9.89. The summed E-state index contributed by atoms with van der Waals surface area (Å²) < 4.78 is 7.34. The summed E-state index contributed by atoms with van der Waals surface area (Å²) in [6, 6.07) is 9.32. The molecule has 1 aliphatic heterocycles. The number of aliphatic hydroxyl groups excluding tert-OH is 1. The lowest BCUT2D eigenvalue weighted by Gasteiger charge is -2.26. The van der Waals surface area contributed by atoms with Gasteiger partial charge >= 0.3 is 0 Å². The van der Waals surface area contributed by atoms with E-state index in [1.54, 1.807) is 6.20 Å². The summed E-state index contributed by atoms with van der Waals surface area (Å²) in [5.74, 6) is -0.165. The van der Waals surface area contributed by atoms with Gasteiger partial charge in [0.2, 0.25) is 5.91 Å². The Kier molecular flexibility index (Phi) is 6.79. The van der Waals surface area contributed by atoms with Gasteiger partial charge in [-0.15, -0.1) is 0 Å². The molecule has 164 valence electrons. The largest absolute Gasteiger partial charge is 0.394 e. The number of anilines is 1. The monoisotopic (exact) mass is 423 g/mol. The molecule has 2 aromatic heterocycles. The zero-order valence-electron chi connectivity index (χ0n) is 17.8. The van der Waals surface area contributed by atoms with Crippen molar-refractivity contribution in [1.29, 1.82) is 0 Å². The molecule has 1 fully saturated rings. The first kappa shape index (κ1) is 21.3. The second-order valence-corrected chi connectivity index (χ2v) is 7.78. The number of fused-ring (bicyclic) bond motifs is 1. The van der Waals surface area contributed by atoms with Gasteiger partial charge in [-0.25, -0.2) is 9.67 Å². The van der Waals surface area contributed by atoms with Crippen LogP contribution in [0.3, 0.4) is 0 Å². The predicted molar refractivity (Wildman–Crippen MR) is 119 cm³/mol. The van der Waals surface area contributed by atoms with Gasteiger partial charge in [-0.1, -0.05) is 30.3 Å². The highest BCUT2D eigenvalue weighted by Gasteiger charge is 2.21. The van der Waals surface area contributed by atoms with E-state index < -0.39 is 6.04 Å². The lowest BCUT2D eigenvalue weighted by Crippen LogP contribution is -2.32. The van der Waals surface area contributed by atoms with Crippen molar-refractivity contribution >= 4 is 22.6 Å². The van der Waals surface area contributed by atoms with Gasteiger partial charge in [-0.3, -0.25) is 4.79 Å². The zero-order valence-corrected chi connectivity index (χ0v) is 17.8. The van der Waals surface area contributed by atoms with Crippen LogP contribution in [0.25, 0.3) is 11.0 Å². The van der Waals surface area contributed by atoms with Crippen molar-refractivity contribution in [2.24, 2.45) is 0 Å². The van der Waals surface area contributed by atoms with Gasteiger partial charge in [0.15, 0.2) is 5.65 Å². The lowest BCUT2D eigenvalue weighted by atomic mass is 10.0. The fourth-order valence-corrected chi connectivity index (χ4v) is 3.99. The molecule has 0 aliphatic carbocycles. The van der Waals surface area contributed by atoms with E-state index in [0.29, 0.717) is 0 Å². The number of aromatic nitrogens is 3. The molecule has 3 aromatic rings. The maximum Gasteiger partial charge on any atom is 0.225 e. The molecule has 4 rings (SSSR count). The molecule has 0 bridgehead atoms. The molecule has 8 heteroatoms. The topological polar surface area (TPSA) is 101 Å². The average Bonchev–Trinajstić information content (AvgIpc) is 3.24. The van der Waals surface area contributed by atoms with E-state index in [9.17, 15) is 9.90 Å². The fourth-order valence-electron chi connectivity index (χ4n) is 3.99. The number of aryl methyl sites for hydroxylation is 1. The number of nitrogens with zero attached hydrogens (tertiary/aromatic N) is 3. The van der Waals surface area contributed by atoms with Crippen molar-refractivity contribution in [3.63, 3.8) is 0 Å². The molecular weight excluding hydrogens is 394 g/mol. The maximum absolute atomic E-state index is 12.9. The summed E-state index contributed by atoms with van der Waals surface area (Å²) in [6.45, 7) is 4.04. The zero-order chi connectivity index (χ0) is 21.6. The van der Waals surface area contributed by atoms with E-state index in [4.69, 9.17) is 4.74 Å². The third-order valence-electron chi connectivity index (χ3n) is 5.68. The minimum Gasteiger partial charge on any atom is -0.394 e. The molecule has 1 amide bonds. The van der Waals surface area contributed by atoms with E-state index in [-0.39, 0.29) is 25.0 Å². The van der Waals surface area contributed by atoms with Crippen molar-refractivity contribution in [3.05, 3.63) is 53.9 Å². The first-order chi connectivity index (χ1) is 15.2. The van der Waals surface area contributed by atoms with Crippen molar-refractivity contribution in [2.75, 3.05) is 25.1 Å². The molecule has 1 saturated heterocycles. The first-order valence-corrected chi connectivity index (χ1v) is 10.8. The second-order valence-electron chi connectivity index (χ2n) is 7.78. The van der Waals surface area contributed by atoms with Crippen LogP contribution >= 0.6 is 0 Å². The number of ether oxygens (including phenoxy) is 1. The molecule has 8 nitrogen and oxygen atoms in total. The number of nitrogens with one attached hydrogen (secondary N) is 2. The average molecular weight is 424 g/mol. The highest BCUT2D eigenvalue weighted by molar-refractivity contribution is 5.93. The summed E-state index contributed by atoms with van der Waals surface area (Å²) in [6.07, 6.45) is 5.56. The van der Waals surface area contributed by atoms with Crippen LogP contribution in [0.4, 0.5) is 5.69 Å². The third kappa shape index (κ3) is 4.86. The van der Waals surface area contributed by atoms with E-state index in [1.807, 2.05) is 48.1 Å². The SMILES string of the molecule is CCn1ncc2c(NC3CCOCC3)c(CC(=O)N[C@@H](CO)c3ccccc3)cnc21. The Balaban J connectivity index is 1.58. The van der Waals surface area contributed by atoms with Crippen molar-refractivity contribution < 1.29 is 14.6 Å². The molecular formula is C23H29N5O3. The molecule has 0 unspecified atom stereocenters. The molecule has 3 N–H and O–H groups in total. The number of pyridine rings is 1. The van der Waals surface area contributed by atoms with Gasteiger partial charge in [0.25, 0.3) is 0 Å². The maximum atomic E-state index is 12.9. The van der Waals surface area contributed by atoms with Gasteiger partial charge in [-0.2, -0.15) is 5.10 Å². The summed E-state index contributed by atoms with van der Waals surface area (Å²) in [7, 11) is 0. The van der Waals surface area contributed by atoms with E-state index in [0.717, 1.165) is 60.4 Å². The molecule has 3 heterocycles. The minimum absolute atomic E-state index is 0.162. The van der Waals surface area contributed by atoms with Crippen LogP contribution in [-0.2, 0) is 22.5 Å². The Morgan fingerprint density at radius 3 is 2.74 bits per heavy atom. The molecule has 1 atom stereocenters. The number of benzene rings is 1. The van der Waals surface area contributed by atoms with Gasteiger partial charge in [-0.05, 0) is 25.3 Å². The quantitative estimate of drug-likeness (QED) is 0.514. The number of hydrogen-bond donors (Lipinski definition) is 3. The Morgan fingerprint density at radius 1 is 1.26 bits per heavy atom. The Labute approximate surface area is 181 Å². The number of carbonyl (C=O) groups excluding carboxylic acids is 1. The normalized spacial score (nSPS) is 15.7. The van der Waals surface area contributed by atoms with Crippen LogP contribution in [0.15, 0.2) is 42.7 Å². The van der Waals surface area contributed by atoms with Crippen molar-refractivity contribution in [1.82, 2.24) is 20.1 Å². The van der Waals surface area contributed by atoms with Crippen LogP contribution in [-0.4, -0.2) is 51.6 Å². The van der Waals surface area contributed by atoms with Crippen LogP contribution < -0.4 is 10.6 Å². The number of amides is 1. The fraction of sp³-hybridized carbons (Fsp3) is 0.435. The minimum atomic E-state index is -0.444. The highest BCUT2D eigenvalue weighted by Crippen LogP contribution is 2.29. The summed E-state index contributed by atoms with van der Waals surface area (Å²) in [5, 5.41) is 21.7. The van der Waals surface area contributed by atoms with E-state index >= 15 is 0 Å². The van der Waals surface area contributed by atoms with Crippen LogP contribution in [0, 0.1) is 0 Å². The number of carbonyl (C=O) groups is 1. The first-order valence-electron chi connectivity index (χ1n) is 10.8. The molecule has 0 saturated carbocycles. The Morgan fingerprint density at radius 2 is 2.03 bits per heavy atom. The summed E-state index contributed by atoms with van der Waals surface area (Å²) in [4.78, 5) is 17.5. The lowest BCUT2D eigenvalue weighted by molar-refractivity contribution is -0.121.